The average Bonchev–Trinajstić information content (AvgIpc) is 2.42. The zero-order valence-corrected chi connectivity index (χ0v) is 14.1. The van der Waals surface area contributed by atoms with Crippen LogP contribution in [0, 0.1) is 0 Å². The Bertz CT molecular complexity index is 415. The van der Waals surface area contributed by atoms with Crippen LogP contribution in [0.3, 0.4) is 0 Å². The molecule has 4 heteroatoms. The van der Waals surface area contributed by atoms with Crippen molar-refractivity contribution in [2.75, 3.05) is 11.9 Å². The third-order valence-corrected chi connectivity index (χ3v) is 3.69. The molecule has 1 unspecified atom stereocenters. The first kappa shape index (κ1) is 16.9. The summed E-state index contributed by atoms with van der Waals surface area (Å²) in [5.41, 5.74) is 2.23. The molecule has 1 heterocycles. The molecule has 20 heavy (non-hydrogen) atoms. The zero-order valence-electron chi connectivity index (χ0n) is 14.1. The second-order valence-corrected chi connectivity index (χ2v) is 6.12. The minimum Gasteiger partial charge on any atom is -0.369 e. The molecule has 0 fully saturated rings. The molecule has 0 spiro atoms. The van der Waals surface area contributed by atoms with Crippen LogP contribution < -0.4 is 10.2 Å². The third-order valence-electron chi connectivity index (χ3n) is 3.69. The Morgan fingerprint density at radius 3 is 2.35 bits per heavy atom. The van der Waals surface area contributed by atoms with Crippen molar-refractivity contribution in [3.8, 4) is 0 Å². The SMILES string of the molecule is CCC(C)N(C)c1cnc(C(C)C)nc1CNC(C)C. The first-order valence-electron chi connectivity index (χ1n) is 7.68. The summed E-state index contributed by atoms with van der Waals surface area (Å²) in [6, 6.07) is 0.940. The van der Waals surface area contributed by atoms with Crippen LogP contribution in [0.2, 0.25) is 0 Å². The van der Waals surface area contributed by atoms with Gasteiger partial charge in [0.25, 0.3) is 0 Å². The lowest BCUT2D eigenvalue weighted by Gasteiger charge is -2.28. The molecule has 1 aromatic heterocycles. The van der Waals surface area contributed by atoms with E-state index in [1.807, 2.05) is 6.20 Å². The summed E-state index contributed by atoms with van der Waals surface area (Å²) in [5, 5.41) is 3.46. The van der Waals surface area contributed by atoms with Crippen LogP contribution in [0.25, 0.3) is 0 Å². The molecule has 0 aliphatic carbocycles. The Morgan fingerprint density at radius 2 is 1.85 bits per heavy atom. The van der Waals surface area contributed by atoms with Crippen LogP contribution in [0.4, 0.5) is 5.69 Å². The fraction of sp³-hybridized carbons (Fsp3) is 0.750. The fourth-order valence-corrected chi connectivity index (χ4v) is 1.94. The van der Waals surface area contributed by atoms with Crippen molar-refractivity contribution in [2.24, 2.45) is 0 Å². The van der Waals surface area contributed by atoms with Crippen molar-refractivity contribution >= 4 is 5.69 Å². The minimum atomic E-state index is 0.357. The second kappa shape index (κ2) is 7.58. The molecule has 0 aromatic carbocycles. The van der Waals surface area contributed by atoms with Crippen LogP contribution in [-0.4, -0.2) is 29.1 Å². The normalized spacial score (nSPS) is 13.1. The number of aromatic nitrogens is 2. The van der Waals surface area contributed by atoms with Gasteiger partial charge in [-0.2, -0.15) is 0 Å². The standard InChI is InChI=1S/C16H30N4/c1-8-13(6)20(7)15-10-18-16(11(2)3)19-14(15)9-17-12(4)5/h10-13,17H,8-9H2,1-7H3. The van der Waals surface area contributed by atoms with Crippen LogP contribution in [0.15, 0.2) is 6.20 Å². The van der Waals surface area contributed by atoms with Gasteiger partial charge in [0.15, 0.2) is 0 Å². The number of hydrogen-bond donors (Lipinski definition) is 1. The lowest BCUT2D eigenvalue weighted by atomic mass is 10.1. The molecule has 1 N–H and O–H groups in total. The number of rotatable bonds is 7. The highest BCUT2D eigenvalue weighted by Crippen LogP contribution is 2.22. The van der Waals surface area contributed by atoms with Gasteiger partial charge in [-0.1, -0.05) is 34.6 Å². The Morgan fingerprint density at radius 1 is 1.20 bits per heavy atom. The molecule has 4 nitrogen and oxygen atoms in total. The molecule has 1 aromatic rings. The molecule has 0 saturated carbocycles. The van der Waals surface area contributed by atoms with Gasteiger partial charge in [-0.3, -0.25) is 0 Å². The van der Waals surface area contributed by atoms with Gasteiger partial charge in [0, 0.05) is 31.6 Å². The van der Waals surface area contributed by atoms with Gasteiger partial charge in [0.2, 0.25) is 0 Å². The first-order chi connectivity index (χ1) is 9.36. The highest BCUT2D eigenvalue weighted by Gasteiger charge is 2.16. The van der Waals surface area contributed by atoms with E-state index in [1.165, 1.54) is 0 Å². The van der Waals surface area contributed by atoms with Crippen LogP contribution in [0.5, 0.6) is 0 Å². The molecule has 0 aliphatic rings. The maximum atomic E-state index is 4.77. The van der Waals surface area contributed by atoms with Gasteiger partial charge in [-0.25, -0.2) is 9.97 Å². The van der Waals surface area contributed by atoms with Gasteiger partial charge in [-0.05, 0) is 13.3 Å². The quantitative estimate of drug-likeness (QED) is 0.830. The largest absolute Gasteiger partial charge is 0.369 e. The minimum absolute atomic E-state index is 0.357. The maximum absolute atomic E-state index is 4.77. The van der Waals surface area contributed by atoms with E-state index in [0.29, 0.717) is 18.0 Å². The second-order valence-electron chi connectivity index (χ2n) is 6.12. The molecule has 0 saturated heterocycles. The summed E-state index contributed by atoms with van der Waals surface area (Å²) in [5.74, 6) is 1.28. The molecule has 114 valence electrons. The van der Waals surface area contributed by atoms with E-state index in [0.717, 1.165) is 30.2 Å². The topological polar surface area (TPSA) is 41.1 Å². The highest BCUT2D eigenvalue weighted by molar-refractivity contribution is 5.49. The van der Waals surface area contributed by atoms with Crippen molar-refractivity contribution in [1.82, 2.24) is 15.3 Å². The van der Waals surface area contributed by atoms with Crippen molar-refractivity contribution < 1.29 is 0 Å². The summed E-state index contributed by atoms with van der Waals surface area (Å²) in [7, 11) is 2.13. The highest BCUT2D eigenvalue weighted by atomic mass is 15.2. The Labute approximate surface area is 124 Å². The molecule has 1 rings (SSSR count). The van der Waals surface area contributed by atoms with E-state index in [4.69, 9.17) is 4.98 Å². The third kappa shape index (κ3) is 4.44. The maximum Gasteiger partial charge on any atom is 0.131 e. The van der Waals surface area contributed by atoms with Crippen molar-refractivity contribution in [3.05, 3.63) is 17.7 Å². The number of nitrogens with zero attached hydrogens (tertiary/aromatic N) is 3. The van der Waals surface area contributed by atoms with Gasteiger partial charge >= 0.3 is 0 Å². The monoisotopic (exact) mass is 278 g/mol. The van der Waals surface area contributed by atoms with E-state index in [2.05, 4.69) is 63.8 Å². The lowest BCUT2D eigenvalue weighted by Crippen LogP contribution is -2.31. The number of anilines is 1. The van der Waals surface area contributed by atoms with Crippen LogP contribution in [0.1, 0.15) is 65.4 Å². The van der Waals surface area contributed by atoms with Crippen LogP contribution >= 0.6 is 0 Å². The molecule has 0 radical (unpaired) electrons. The van der Waals surface area contributed by atoms with Gasteiger partial charge in [-0.15, -0.1) is 0 Å². The van der Waals surface area contributed by atoms with Gasteiger partial charge < -0.3 is 10.2 Å². The lowest BCUT2D eigenvalue weighted by molar-refractivity contribution is 0.572. The molecule has 0 amide bonds. The predicted molar refractivity (Wildman–Crippen MR) is 86.3 cm³/mol. The molecular formula is C16H30N4. The number of hydrogen-bond acceptors (Lipinski definition) is 4. The smallest absolute Gasteiger partial charge is 0.131 e. The Hall–Kier alpha value is -1.16. The molecule has 0 aliphatic heterocycles. The summed E-state index contributed by atoms with van der Waals surface area (Å²) in [6.45, 7) is 13.8. The van der Waals surface area contributed by atoms with E-state index in [-0.39, 0.29) is 0 Å². The predicted octanol–water partition coefficient (Wildman–Crippen LogP) is 3.33. The summed E-state index contributed by atoms with van der Waals surface area (Å²) in [6.07, 6.45) is 3.09. The van der Waals surface area contributed by atoms with Crippen molar-refractivity contribution in [3.63, 3.8) is 0 Å². The van der Waals surface area contributed by atoms with E-state index < -0.39 is 0 Å². The van der Waals surface area contributed by atoms with Crippen LogP contribution in [-0.2, 0) is 6.54 Å². The summed E-state index contributed by atoms with van der Waals surface area (Å²) in [4.78, 5) is 11.6. The zero-order chi connectivity index (χ0) is 15.3. The van der Waals surface area contributed by atoms with Gasteiger partial charge in [0.05, 0.1) is 17.6 Å². The fourth-order valence-electron chi connectivity index (χ4n) is 1.94. The van der Waals surface area contributed by atoms with E-state index in [9.17, 15) is 0 Å². The summed E-state index contributed by atoms with van der Waals surface area (Å²) < 4.78 is 0. The Balaban J connectivity index is 3.07. The first-order valence-corrected chi connectivity index (χ1v) is 7.68. The van der Waals surface area contributed by atoms with Crippen molar-refractivity contribution in [2.45, 2.75) is 72.5 Å². The Kier molecular flexibility index (Phi) is 6.40. The molecule has 0 bridgehead atoms. The average molecular weight is 278 g/mol. The van der Waals surface area contributed by atoms with Gasteiger partial charge in [0.1, 0.15) is 5.82 Å². The molecular weight excluding hydrogens is 248 g/mol. The van der Waals surface area contributed by atoms with E-state index >= 15 is 0 Å². The summed E-state index contributed by atoms with van der Waals surface area (Å²) >= 11 is 0. The van der Waals surface area contributed by atoms with Crippen molar-refractivity contribution in [1.29, 1.82) is 0 Å². The number of nitrogens with one attached hydrogen (secondary N) is 1. The van der Waals surface area contributed by atoms with E-state index in [1.54, 1.807) is 0 Å². The molecule has 1 atom stereocenters.